The van der Waals surface area contributed by atoms with Gasteiger partial charge in [-0.05, 0) is 74.2 Å². The molecular weight excluding hydrogens is 578 g/mol. The first-order valence-electron chi connectivity index (χ1n) is 13.0. The Morgan fingerprint density at radius 1 is 0.974 bits per heavy atom. The molecule has 3 aromatic carbocycles. The number of hydrogen-bond acceptors (Lipinski definition) is 4. The van der Waals surface area contributed by atoms with Gasteiger partial charge < -0.3 is 10.2 Å². The molecule has 39 heavy (non-hydrogen) atoms. The van der Waals surface area contributed by atoms with Gasteiger partial charge in [0.15, 0.2) is 0 Å². The molecule has 2 amide bonds. The van der Waals surface area contributed by atoms with E-state index in [4.69, 9.17) is 0 Å². The molecule has 0 fully saturated rings. The highest BCUT2D eigenvalue weighted by molar-refractivity contribution is 9.10. The minimum Gasteiger partial charge on any atom is -0.354 e. The van der Waals surface area contributed by atoms with Gasteiger partial charge in [-0.3, -0.25) is 13.9 Å². The smallest absolute Gasteiger partial charge is 0.264 e. The molecule has 0 aliphatic heterocycles. The van der Waals surface area contributed by atoms with Gasteiger partial charge >= 0.3 is 0 Å². The fraction of sp³-hybridized carbons (Fsp3) is 0.333. The number of aryl methyl sites for hydroxylation is 2. The predicted octanol–water partition coefficient (Wildman–Crippen LogP) is 5.59. The summed E-state index contributed by atoms with van der Waals surface area (Å²) in [5.41, 5.74) is 2.83. The Morgan fingerprint density at radius 3 is 2.36 bits per heavy atom. The van der Waals surface area contributed by atoms with E-state index in [2.05, 4.69) is 21.2 Å². The number of hydrogen-bond donors (Lipinski definition) is 1. The second kappa shape index (κ2) is 13.8. The van der Waals surface area contributed by atoms with Gasteiger partial charge in [0.25, 0.3) is 10.0 Å². The van der Waals surface area contributed by atoms with Crippen LogP contribution < -0.4 is 9.62 Å². The molecule has 0 aliphatic rings. The molecule has 0 spiro atoms. The normalized spacial score (nSPS) is 12.0. The van der Waals surface area contributed by atoms with Crippen LogP contribution in [0.15, 0.2) is 82.2 Å². The summed E-state index contributed by atoms with van der Waals surface area (Å²) in [7, 11) is -4.09. The van der Waals surface area contributed by atoms with Gasteiger partial charge in [0.2, 0.25) is 11.8 Å². The molecule has 1 N–H and O–H groups in total. The van der Waals surface area contributed by atoms with Crippen LogP contribution in [0.4, 0.5) is 5.69 Å². The van der Waals surface area contributed by atoms with Crippen LogP contribution in [0.25, 0.3) is 0 Å². The number of carbonyl (C=O) groups excluding carboxylic acids is 2. The third-order valence-corrected chi connectivity index (χ3v) is 8.75. The maximum atomic E-state index is 14.0. The van der Waals surface area contributed by atoms with Crippen LogP contribution in [-0.2, 0) is 26.2 Å². The second-order valence-corrected chi connectivity index (χ2v) is 12.4. The van der Waals surface area contributed by atoms with Crippen molar-refractivity contribution in [2.45, 2.75) is 58.0 Å². The number of unbranched alkanes of at least 4 members (excludes halogenated alkanes) is 1. The van der Waals surface area contributed by atoms with Gasteiger partial charge in [-0.1, -0.05) is 71.7 Å². The maximum Gasteiger partial charge on any atom is 0.264 e. The fourth-order valence-electron chi connectivity index (χ4n) is 4.17. The Morgan fingerprint density at radius 2 is 1.69 bits per heavy atom. The summed E-state index contributed by atoms with van der Waals surface area (Å²) >= 11 is 3.46. The molecule has 0 radical (unpaired) electrons. The molecule has 7 nitrogen and oxygen atoms in total. The summed E-state index contributed by atoms with van der Waals surface area (Å²) in [6.07, 6.45) is 1.76. The van der Waals surface area contributed by atoms with Crippen molar-refractivity contribution in [3.8, 4) is 0 Å². The van der Waals surface area contributed by atoms with E-state index in [-0.39, 0.29) is 17.3 Å². The van der Waals surface area contributed by atoms with E-state index in [0.29, 0.717) is 12.2 Å². The standard InChI is InChI=1S/C30H36BrN3O4S/c1-5-6-17-32-30(36)24(4)33(20-25-11-10-12-26(31)19-25)29(35)21-34(28-18-22(2)15-16-23(28)3)39(37,38)27-13-8-7-9-14-27/h7-16,18-19,24H,5-6,17,20-21H2,1-4H3,(H,32,36)/t24-/m1/s1. The van der Waals surface area contributed by atoms with E-state index in [1.54, 1.807) is 31.2 Å². The molecule has 0 bridgehead atoms. The highest BCUT2D eigenvalue weighted by atomic mass is 79.9. The minimum atomic E-state index is -4.09. The number of anilines is 1. The van der Waals surface area contributed by atoms with Gasteiger partial charge in [0, 0.05) is 17.6 Å². The van der Waals surface area contributed by atoms with Crippen LogP contribution in [0.5, 0.6) is 0 Å². The largest absolute Gasteiger partial charge is 0.354 e. The SMILES string of the molecule is CCCCNC(=O)[C@@H](C)N(Cc1cccc(Br)c1)C(=O)CN(c1cc(C)ccc1C)S(=O)(=O)c1ccccc1. The van der Waals surface area contributed by atoms with Crippen molar-refractivity contribution in [3.63, 3.8) is 0 Å². The first-order chi connectivity index (χ1) is 18.5. The van der Waals surface area contributed by atoms with Gasteiger partial charge in [0.1, 0.15) is 12.6 Å². The predicted molar refractivity (Wildman–Crippen MR) is 159 cm³/mol. The average molecular weight is 615 g/mol. The number of benzene rings is 3. The number of sulfonamides is 1. The Labute approximate surface area is 240 Å². The van der Waals surface area contributed by atoms with Crippen LogP contribution >= 0.6 is 15.9 Å². The Hall–Kier alpha value is -3.17. The van der Waals surface area contributed by atoms with Crippen LogP contribution in [-0.4, -0.2) is 44.3 Å². The van der Waals surface area contributed by atoms with E-state index in [0.717, 1.165) is 38.3 Å². The van der Waals surface area contributed by atoms with Crippen LogP contribution in [0.2, 0.25) is 0 Å². The molecule has 9 heteroatoms. The lowest BCUT2D eigenvalue weighted by Crippen LogP contribution is -2.51. The summed E-state index contributed by atoms with van der Waals surface area (Å²) in [5, 5.41) is 2.90. The fourth-order valence-corrected chi connectivity index (χ4v) is 6.11. The number of nitrogens with one attached hydrogen (secondary N) is 1. The molecule has 1 atom stereocenters. The topological polar surface area (TPSA) is 86.8 Å². The van der Waals surface area contributed by atoms with Crippen LogP contribution in [0.1, 0.15) is 43.4 Å². The molecule has 0 aromatic heterocycles. The average Bonchev–Trinajstić information content (AvgIpc) is 2.92. The van der Waals surface area contributed by atoms with Crippen molar-refractivity contribution < 1.29 is 18.0 Å². The zero-order chi connectivity index (χ0) is 28.6. The number of amides is 2. The molecule has 0 unspecified atom stereocenters. The zero-order valence-corrected chi connectivity index (χ0v) is 25.3. The first kappa shape index (κ1) is 30.4. The van der Waals surface area contributed by atoms with Crippen molar-refractivity contribution >= 4 is 43.5 Å². The van der Waals surface area contributed by atoms with Crippen molar-refractivity contribution in [2.24, 2.45) is 0 Å². The minimum absolute atomic E-state index is 0.0857. The van der Waals surface area contributed by atoms with Gasteiger partial charge in [-0.25, -0.2) is 8.42 Å². The molecule has 0 heterocycles. The summed E-state index contributed by atoms with van der Waals surface area (Å²) in [6.45, 7) is 7.60. The van der Waals surface area contributed by atoms with Crippen molar-refractivity contribution in [1.29, 1.82) is 0 Å². The van der Waals surface area contributed by atoms with Crippen molar-refractivity contribution in [3.05, 3.63) is 94.0 Å². The summed E-state index contributed by atoms with van der Waals surface area (Å²) in [5.74, 6) is -0.760. The third-order valence-electron chi connectivity index (χ3n) is 6.48. The van der Waals surface area contributed by atoms with E-state index in [9.17, 15) is 18.0 Å². The molecule has 0 saturated carbocycles. The lowest BCUT2D eigenvalue weighted by molar-refractivity contribution is -0.139. The molecule has 208 valence electrons. The van der Waals surface area contributed by atoms with E-state index in [1.807, 2.05) is 57.2 Å². The van der Waals surface area contributed by atoms with E-state index in [1.165, 1.54) is 17.0 Å². The van der Waals surface area contributed by atoms with Crippen molar-refractivity contribution in [2.75, 3.05) is 17.4 Å². The summed E-state index contributed by atoms with van der Waals surface area (Å²) in [4.78, 5) is 28.6. The molecule has 0 aliphatic carbocycles. The zero-order valence-electron chi connectivity index (χ0n) is 22.9. The van der Waals surface area contributed by atoms with Gasteiger partial charge in [-0.15, -0.1) is 0 Å². The monoisotopic (exact) mass is 613 g/mol. The van der Waals surface area contributed by atoms with Crippen LogP contribution in [0, 0.1) is 13.8 Å². The Bertz CT molecular complexity index is 1400. The Balaban J connectivity index is 2.03. The molecule has 0 saturated heterocycles. The summed E-state index contributed by atoms with van der Waals surface area (Å²) < 4.78 is 29.8. The van der Waals surface area contributed by atoms with Crippen molar-refractivity contribution in [1.82, 2.24) is 10.2 Å². The van der Waals surface area contributed by atoms with Crippen LogP contribution in [0.3, 0.4) is 0 Å². The maximum absolute atomic E-state index is 14.0. The number of nitrogens with zero attached hydrogens (tertiary/aromatic N) is 2. The lowest BCUT2D eigenvalue weighted by atomic mass is 10.1. The molecular formula is C30H36BrN3O4S. The lowest BCUT2D eigenvalue weighted by Gasteiger charge is -2.32. The Kier molecular flexibility index (Phi) is 10.7. The molecule has 3 aromatic rings. The van der Waals surface area contributed by atoms with Gasteiger partial charge in [0.05, 0.1) is 10.6 Å². The van der Waals surface area contributed by atoms with Gasteiger partial charge in [-0.2, -0.15) is 0 Å². The summed E-state index contributed by atoms with van der Waals surface area (Å²) in [6, 6.07) is 20.3. The number of carbonyl (C=O) groups is 2. The number of rotatable bonds is 12. The first-order valence-corrected chi connectivity index (χ1v) is 15.2. The molecule has 3 rings (SSSR count). The van der Waals surface area contributed by atoms with E-state index >= 15 is 0 Å². The van der Waals surface area contributed by atoms with E-state index < -0.39 is 28.5 Å². The number of halogens is 1. The highest BCUT2D eigenvalue weighted by Gasteiger charge is 2.33. The third kappa shape index (κ3) is 7.92. The quantitative estimate of drug-likeness (QED) is 0.270. The highest BCUT2D eigenvalue weighted by Crippen LogP contribution is 2.28. The second-order valence-electron chi connectivity index (χ2n) is 9.59.